The molecular formula is C51H73F3N2O6. The average molecular weight is 867 g/mol. The molecule has 344 valence electrons. The van der Waals surface area contributed by atoms with Crippen LogP contribution in [0.2, 0.25) is 0 Å². The van der Waals surface area contributed by atoms with E-state index in [0.29, 0.717) is 28.9 Å². The fraction of sp³-hybridized carbons (Fsp3) is 0.627. The molecule has 3 aliphatic heterocycles. The zero-order chi connectivity index (χ0) is 44.1. The van der Waals surface area contributed by atoms with Crippen LogP contribution in [-0.4, -0.2) is 62.6 Å². The van der Waals surface area contributed by atoms with Crippen molar-refractivity contribution < 1.29 is 42.0 Å². The van der Waals surface area contributed by atoms with E-state index in [1.807, 2.05) is 6.07 Å². The van der Waals surface area contributed by atoms with Crippen molar-refractivity contribution in [1.82, 2.24) is 10.2 Å². The number of nitrogens with one attached hydrogen (secondary N) is 1. The number of methoxy groups -OCH3 is 3. The number of hydrogen-bond donors (Lipinski definition) is 2. The standard InChI is InChI=1S/C15H18FNO3.C15H21FO2.C14H20FNO.C7H14/c1-19-13-9-10(16)6-7-11(13)14-12-5-3-2-4-8-17(12)15(18)20-14;1-18-14-10-12(16)8-9-13(14)15(17)11-6-4-2-3-5-7-11;1-17-14-10-12(15)7-6-11(14)9-13-5-3-2-4-8-16-13;1-2-4-6-7-5-3-1/h6-7,9,12,14H,2-5,8H2,1H3;8-11,15,17H,2-7H2,1H3;6-7,10,13,16H,2-5,8-9H2,1H3;1-7H2. The Bertz CT molecular complexity index is 1740. The summed E-state index contributed by atoms with van der Waals surface area (Å²) in [5.74, 6) is 0.902. The zero-order valence-corrected chi connectivity index (χ0v) is 37.6. The molecule has 0 aromatic heterocycles. The number of nitrogens with zero attached hydrogens (tertiary/aromatic N) is 1. The zero-order valence-electron chi connectivity index (χ0n) is 37.6. The van der Waals surface area contributed by atoms with Crippen LogP contribution in [0.15, 0.2) is 54.6 Å². The molecule has 1 amide bonds. The van der Waals surface area contributed by atoms with E-state index in [0.717, 1.165) is 69.2 Å². The predicted octanol–water partition coefficient (Wildman–Crippen LogP) is 12.7. The van der Waals surface area contributed by atoms with Gasteiger partial charge in [-0.05, 0) is 93.3 Å². The SMILES string of the molecule is C1CCCCCC1.COc1cc(F)ccc1C(O)C1CCCCCC1.COc1cc(F)ccc1C1OC(=O)N2CCCCCC12.COc1cc(F)ccc1CC1CCCCCN1. The highest BCUT2D eigenvalue weighted by Gasteiger charge is 2.43. The number of carbonyl (C=O) groups is 1. The highest BCUT2D eigenvalue weighted by atomic mass is 19.1. The predicted molar refractivity (Wildman–Crippen MR) is 239 cm³/mol. The quantitative estimate of drug-likeness (QED) is 0.218. The first-order valence-corrected chi connectivity index (χ1v) is 23.6. The van der Waals surface area contributed by atoms with E-state index in [9.17, 15) is 23.1 Å². The molecule has 0 spiro atoms. The first-order chi connectivity index (χ1) is 30.2. The summed E-state index contributed by atoms with van der Waals surface area (Å²) < 4.78 is 60.7. The lowest BCUT2D eigenvalue weighted by atomic mass is 9.89. The Balaban J connectivity index is 0.000000163. The maximum Gasteiger partial charge on any atom is 0.410 e. The number of aliphatic hydroxyl groups is 1. The first kappa shape index (κ1) is 49.1. The third-order valence-corrected chi connectivity index (χ3v) is 13.1. The van der Waals surface area contributed by atoms with Gasteiger partial charge in [-0.2, -0.15) is 0 Å². The number of benzene rings is 3. The van der Waals surface area contributed by atoms with Crippen molar-refractivity contribution in [2.24, 2.45) is 5.92 Å². The second kappa shape index (κ2) is 26.6. The van der Waals surface area contributed by atoms with Crippen molar-refractivity contribution in [2.45, 2.75) is 166 Å². The molecule has 11 heteroatoms. The summed E-state index contributed by atoms with van der Waals surface area (Å²) in [7, 11) is 4.61. The fourth-order valence-corrected chi connectivity index (χ4v) is 9.60. The fourth-order valence-electron chi connectivity index (χ4n) is 9.60. The molecule has 2 N–H and O–H groups in total. The van der Waals surface area contributed by atoms with Gasteiger partial charge in [0, 0.05) is 41.9 Å². The number of hydrogen-bond acceptors (Lipinski definition) is 7. The Kier molecular flexibility index (Phi) is 21.1. The summed E-state index contributed by atoms with van der Waals surface area (Å²) in [4.78, 5) is 13.8. The van der Waals surface area contributed by atoms with Crippen LogP contribution in [0.3, 0.4) is 0 Å². The van der Waals surface area contributed by atoms with Gasteiger partial charge in [-0.1, -0.05) is 102 Å². The summed E-state index contributed by atoms with van der Waals surface area (Å²) in [6.07, 6.45) is 26.4. The van der Waals surface area contributed by atoms with Crippen molar-refractivity contribution in [2.75, 3.05) is 34.4 Å². The third-order valence-electron chi connectivity index (χ3n) is 13.1. The summed E-state index contributed by atoms with van der Waals surface area (Å²) in [6, 6.07) is 14.1. The number of rotatable bonds is 8. The monoisotopic (exact) mass is 867 g/mol. The highest BCUT2D eigenvalue weighted by molar-refractivity contribution is 5.71. The number of cyclic esters (lactones) is 1. The normalized spacial score (nSPS) is 22.4. The number of aliphatic hydroxyl groups excluding tert-OH is 1. The van der Waals surface area contributed by atoms with Crippen molar-refractivity contribution in [3.8, 4) is 17.2 Å². The minimum Gasteiger partial charge on any atom is -0.496 e. The summed E-state index contributed by atoms with van der Waals surface area (Å²) >= 11 is 0. The van der Waals surface area contributed by atoms with Crippen molar-refractivity contribution in [1.29, 1.82) is 0 Å². The number of carbonyl (C=O) groups excluding carboxylic acids is 1. The lowest BCUT2D eigenvalue weighted by molar-refractivity contribution is 0.0960. The molecule has 0 radical (unpaired) electrons. The van der Waals surface area contributed by atoms with E-state index in [4.69, 9.17) is 18.9 Å². The van der Waals surface area contributed by atoms with Crippen LogP contribution < -0.4 is 19.5 Å². The number of fused-ring (bicyclic) bond motifs is 1. The van der Waals surface area contributed by atoms with Crippen LogP contribution in [0, 0.1) is 23.4 Å². The Morgan fingerprint density at radius 1 is 0.645 bits per heavy atom. The molecule has 3 aromatic carbocycles. The lowest BCUT2D eigenvalue weighted by Gasteiger charge is -2.23. The average Bonchev–Trinajstić information content (AvgIpc) is 3.83. The first-order valence-electron chi connectivity index (χ1n) is 23.6. The third kappa shape index (κ3) is 15.1. The van der Waals surface area contributed by atoms with Gasteiger partial charge < -0.3 is 34.3 Å². The van der Waals surface area contributed by atoms with Gasteiger partial charge in [0.2, 0.25) is 0 Å². The Hall–Kier alpha value is -3.96. The van der Waals surface area contributed by atoms with Gasteiger partial charge in [-0.3, -0.25) is 0 Å². The maximum absolute atomic E-state index is 13.3. The summed E-state index contributed by atoms with van der Waals surface area (Å²) in [5.41, 5.74) is 2.55. The van der Waals surface area contributed by atoms with E-state index in [2.05, 4.69) is 5.32 Å². The molecule has 8 rings (SSSR count). The van der Waals surface area contributed by atoms with E-state index in [1.54, 1.807) is 24.1 Å². The molecule has 62 heavy (non-hydrogen) atoms. The van der Waals surface area contributed by atoms with Crippen LogP contribution in [0.1, 0.15) is 164 Å². The largest absolute Gasteiger partial charge is 0.496 e. The molecule has 4 atom stereocenters. The van der Waals surface area contributed by atoms with Gasteiger partial charge >= 0.3 is 6.09 Å². The van der Waals surface area contributed by atoms with Crippen LogP contribution in [-0.2, 0) is 11.2 Å². The van der Waals surface area contributed by atoms with Gasteiger partial charge in [0.05, 0.1) is 33.5 Å². The molecule has 4 unspecified atom stereocenters. The molecular weight excluding hydrogens is 794 g/mol. The smallest absolute Gasteiger partial charge is 0.410 e. The second-order valence-electron chi connectivity index (χ2n) is 17.5. The van der Waals surface area contributed by atoms with Gasteiger partial charge in [0.25, 0.3) is 0 Å². The van der Waals surface area contributed by atoms with E-state index < -0.39 is 6.10 Å². The van der Waals surface area contributed by atoms with Crippen LogP contribution >= 0.6 is 0 Å². The topological polar surface area (TPSA) is 89.5 Å². The van der Waals surface area contributed by atoms with Crippen LogP contribution in [0.4, 0.5) is 18.0 Å². The Morgan fingerprint density at radius 3 is 1.81 bits per heavy atom. The molecule has 2 saturated carbocycles. The maximum atomic E-state index is 13.3. The Morgan fingerprint density at radius 2 is 1.16 bits per heavy atom. The molecule has 5 aliphatic rings. The minimum absolute atomic E-state index is 0.0318. The Labute approximate surface area is 369 Å². The summed E-state index contributed by atoms with van der Waals surface area (Å²) in [6.45, 7) is 1.83. The molecule has 3 aromatic rings. The van der Waals surface area contributed by atoms with E-state index in [-0.39, 0.29) is 41.6 Å². The molecule has 3 heterocycles. The van der Waals surface area contributed by atoms with Crippen molar-refractivity contribution in [3.63, 3.8) is 0 Å². The lowest BCUT2D eigenvalue weighted by Crippen LogP contribution is -2.33. The number of ether oxygens (including phenoxy) is 4. The number of amides is 1. The van der Waals surface area contributed by atoms with Crippen molar-refractivity contribution in [3.05, 3.63) is 88.7 Å². The van der Waals surface area contributed by atoms with Crippen LogP contribution in [0.5, 0.6) is 17.2 Å². The van der Waals surface area contributed by atoms with Gasteiger partial charge in [0.15, 0.2) is 6.10 Å². The van der Waals surface area contributed by atoms with Gasteiger partial charge in [-0.15, -0.1) is 0 Å². The minimum atomic E-state index is -0.543. The number of halogens is 3. The molecule has 5 fully saturated rings. The van der Waals surface area contributed by atoms with E-state index in [1.165, 1.54) is 147 Å². The summed E-state index contributed by atoms with van der Waals surface area (Å²) in [5, 5.41) is 14.0. The van der Waals surface area contributed by atoms with Gasteiger partial charge in [-0.25, -0.2) is 18.0 Å². The molecule has 2 aliphatic carbocycles. The van der Waals surface area contributed by atoms with Crippen molar-refractivity contribution >= 4 is 6.09 Å². The highest BCUT2D eigenvalue weighted by Crippen LogP contribution is 2.41. The second-order valence-corrected chi connectivity index (χ2v) is 17.5. The van der Waals surface area contributed by atoms with Crippen LogP contribution in [0.25, 0.3) is 0 Å². The van der Waals surface area contributed by atoms with E-state index >= 15 is 0 Å². The molecule has 8 nitrogen and oxygen atoms in total. The van der Waals surface area contributed by atoms with Gasteiger partial charge in [0.1, 0.15) is 34.7 Å². The molecule has 3 saturated heterocycles. The molecule has 0 bridgehead atoms.